The number of rotatable bonds is 1. The van der Waals surface area contributed by atoms with Crippen LogP contribution in [0, 0.1) is 5.41 Å². The van der Waals surface area contributed by atoms with Gasteiger partial charge in [0, 0.05) is 6.21 Å². The van der Waals surface area contributed by atoms with Gasteiger partial charge < -0.3 is 4.79 Å². The van der Waals surface area contributed by atoms with Crippen LogP contribution in [0.25, 0.3) is 0 Å². The third kappa shape index (κ3) is 0.557. The maximum atomic E-state index is 10.0. The summed E-state index contributed by atoms with van der Waals surface area (Å²) in [7, 11) is 0. The second-order valence-corrected chi connectivity index (χ2v) is 2.09. The molecular formula is C5H7NO. The summed E-state index contributed by atoms with van der Waals surface area (Å²) in [5.74, 6) is 0. The largest absolute Gasteiger partial charge is 0.302 e. The Hall–Kier alpha value is -0.660. The van der Waals surface area contributed by atoms with E-state index in [2.05, 4.69) is 4.99 Å². The number of aldehydes is 1. The first kappa shape index (κ1) is 4.50. The van der Waals surface area contributed by atoms with E-state index in [-0.39, 0.29) is 5.41 Å². The normalized spacial score (nSPS) is 37.3. The van der Waals surface area contributed by atoms with Gasteiger partial charge in [0.1, 0.15) is 6.29 Å². The summed E-state index contributed by atoms with van der Waals surface area (Å²) < 4.78 is 0. The maximum Gasteiger partial charge on any atom is 0.133 e. The zero-order valence-corrected chi connectivity index (χ0v) is 4.22. The summed E-state index contributed by atoms with van der Waals surface area (Å²) in [5, 5.41) is 0. The van der Waals surface area contributed by atoms with Crippen LogP contribution in [-0.4, -0.2) is 19.0 Å². The molecule has 0 aliphatic carbocycles. The first-order valence-electron chi connectivity index (χ1n) is 2.24. The van der Waals surface area contributed by atoms with Gasteiger partial charge in [0.15, 0.2) is 0 Å². The number of carbonyl (C=O) groups is 1. The van der Waals surface area contributed by atoms with Crippen molar-refractivity contribution in [2.75, 3.05) is 6.54 Å². The fourth-order valence-electron chi connectivity index (χ4n) is 0.447. The molecule has 1 atom stereocenters. The van der Waals surface area contributed by atoms with E-state index in [4.69, 9.17) is 0 Å². The van der Waals surface area contributed by atoms with Gasteiger partial charge in [-0.25, -0.2) is 0 Å². The van der Waals surface area contributed by atoms with Gasteiger partial charge in [-0.1, -0.05) is 0 Å². The van der Waals surface area contributed by atoms with Crippen LogP contribution in [0.15, 0.2) is 4.99 Å². The average Bonchev–Trinajstić information content (AvgIpc) is 1.61. The zero-order valence-electron chi connectivity index (χ0n) is 4.22. The minimum atomic E-state index is -0.208. The molecule has 0 aromatic rings. The van der Waals surface area contributed by atoms with Crippen LogP contribution in [0.4, 0.5) is 0 Å². The lowest BCUT2D eigenvalue weighted by molar-refractivity contribution is -0.112. The molecule has 0 saturated carbocycles. The fourth-order valence-corrected chi connectivity index (χ4v) is 0.447. The Morgan fingerprint density at radius 1 is 2.00 bits per heavy atom. The second kappa shape index (κ2) is 1.15. The summed E-state index contributed by atoms with van der Waals surface area (Å²) in [5.41, 5.74) is -0.208. The zero-order chi connectivity index (χ0) is 5.33. The molecule has 1 unspecified atom stereocenters. The van der Waals surface area contributed by atoms with E-state index in [1.807, 2.05) is 6.92 Å². The van der Waals surface area contributed by atoms with Crippen molar-refractivity contribution < 1.29 is 4.79 Å². The minimum absolute atomic E-state index is 0.208. The van der Waals surface area contributed by atoms with E-state index in [0.717, 1.165) is 6.29 Å². The van der Waals surface area contributed by atoms with Crippen LogP contribution in [0.5, 0.6) is 0 Å². The summed E-state index contributed by atoms with van der Waals surface area (Å²) in [6.07, 6.45) is 2.61. The molecule has 7 heavy (non-hydrogen) atoms. The van der Waals surface area contributed by atoms with Crippen molar-refractivity contribution >= 4 is 12.5 Å². The van der Waals surface area contributed by atoms with E-state index >= 15 is 0 Å². The number of hydrogen-bond donors (Lipinski definition) is 0. The van der Waals surface area contributed by atoms with E-state index in [1.54, 1.807) is 6.21 Å². The van der Waals surface area contributed by atoms with Crippen molar-refractivity contribution in [3.8, 4) is 0 Å². The number of nitrogens with zero attached hydrogens (tertiary/aromatic N) is 1. The topological polar surface area (TPSA) is 29.4 Å². The lowest BCUT2D eigenvalue weighted by Gasteiger charge is -2.21. The number of carbonyl (C=O) groups excluding carboxylic acids is 1. The molecule has 0 aromatic carbocycles. The third-order valence-corrected chi connectivity index (χ3v) is 1.09. The summed E-state index contributed by atoms with van der Waals surface area (Å²) in [6, 6.07) is 0. The Morgan fingerprint density at radius 3 is 2.57 bits per heavy atom. The van der Waals surface area contributed by atoms with Gasteiger partial charge in [-0.05, 0) is 6.92 Å². The molecule has 1 aliphatic heterocycles. The molecule has 38 valence electrons. The second-order valence-electron chi connectivity index (χ2n) is 2.09. The van der Waals surface area contributed by atoms with E-state index in [9.17, 15) is 4.79 Å². The summed E-state index contributed by atoms with van der Waals surface area (Å²) in [4.78, 5) is 13.8. The summed E-state index contributed by atoms with van der Waals surface area (Å²) in [6.45, 7) is 2.55. The average molecular weight is 97.1 g/mol. The van der Waals surface area contributed by atoms with Crippen molar-refractivity contribution in [2.45, 2.75) is 6.92 Å². The quantitative estimate of drug-likeness (QED) is 0.432. The molecule has 2 nitrogen and oxygen atoms in total. The highest BCUT2D eigenvalue weighted by Gasteiger charge is 2.25. The molecule has 1 aliphatic rings. The molecule has 1 rings (SSSR count). The van der Waals surface area contributed by atoms with Crippen LogP contribution in [-0.2, 0) is 4.79 Å². The first-order chi connectivity index (χ1) is 3.27. The van der Waals surface area contributed by atoms with Gasteiger partial charge in [0.05, 0.1) is 12.0 Å². The Bertz CT molecular complexity index is 119. The van der Waals surface area contributed by atoms with Crippen LogP contribution < -0.4 is 0 Å². The lowest BCUT2D eigenvalue weighted by atomic mass is 9.90. The first-order valence-corrected chi connectivity index (χ1v) is 2.24. The third-order valence-electron chi connectivity index (χ3n) is 1.09. The molecule has 0 N–H and O–H groups in total. The van der Waals surface area contributed by atoms with Crippen LogP contribution in [0.1, 0.15) is 6.92 Å². The van der Waals surface area contributed by atoms with Crippen LogP contribution in [0.2, 0.25) is 0 Å². The Morgan fingerprint density at radius 2 is 2.57 bits per heavy atom. The van der Waals surface area contributed by atoms with Gasteiger partial charge in [-0.2, -0.15) is 0 Å². The van der Waals surface area contributed by atoms with Gasteiger partial charge in [0.25, 0.3) is 0 Å². The van der Waals surface area contributed by atoms with Crippen molar-refractivity contribution in [3.05, 3.63) is 0 Å². The summed E-state index contributed by atoms with van der Waals surface area (Å²) >= 11 is 0. The standard InChI is InChI=1S/C5H7NO/c1-5(4-7)2-6-3-5/h2,4H,3H2,1H3. The molecule has 0 saturated heterocycles. The van der Waals surface area contributed by atoms with Crippen LogP contribution >= 0.6 is 0 Å². The Balaban J connectivity index is 2.64. The van der Waals surface area contributed by atoms with Gasteiger partial charge in [0.2, 0.25) is 0 Å². The van der Waals surface area contributed by atoms with Crippen molar-refractivity contribution in [3.63, 3.8) is 0 Å². The molecule has 0 aromatic heterocycles. The predicted octanol–water partition coefficient (Wildman–Crippen LogP) is 0.276. The fraction of sp³-hybridized carbons (Fsp3) is 0.600. The van der Waals surface area contributed by atoms with Crippen molar-refractivity contribution in [1.29, 1.82) is 0 Å². The monoisotopic (exact) mass is 97.1 g/mol. The molecule has 0 fully saturated rings. The molecule has 0 amide bonds. The highest BCUT2D eigenvalue weighted by molar-refractivity contribution is 5.90. The van der Waals surface area contributed by atoms with E-state index in [0.29, 0.717) is 6.54 Å². The molecule has 0 bridgehead atoms. The highest BCUT2D eigenvalue weighted by atomic mass is 16.1. The molecule has 2 heteroatoms. The molecular weight excluding hydrogens is 90.1 g/mol. The maximum absolute atomic E-state index is 10.0. The highest BCUT2D eigenvalue weighted by Crippen LogP contribution is 2.16. The number of aliphatic imine (C=N–C) groups is 1. The van der Waals surface area contributed by atoms with E-state index < -0.39 is 0 Å². The van der Waals surface area contributed by atoms with Gasteiger partial charge in [-0.15, -0.1) is 0 Å². The molecule has 1 heterocycles. The van der Waals surface area contributed by atoms with Crippen LogP contribution in [0.3, 0.4) is 0 Å². The lowest BCUT2D eigenvalue weighted by Crippen LogP contribution is -2.31. The predicted molar refractivity (Wildman–Crippen MR) is 27.5 cm³/mol. The Labute approximate surface area is 42.3 Å². The number of hydrogen-bond acceptors (Lipinski definition) is 2. The van der Waals surface area contributed by atoms with Crippen molar-refractivity contribution in [2.24, 2.45) is 10.4 Å². The van der Waals surface area contributed by atoms with E-state index in [1.165, 1.54) is 0 Å². The van der Waals surface area contributed by atoms with Crippen molar-refractivity contribution in [1.82, 2.24) is 0 Å². The molecule has 0 radical (unpaired) electrons. The van der Waals surface area contributed by atoms with Gasteiger partial charge >= 0.3 is 0 Å². The SMILES string of the molecule is CC1(C=O)C=NC1. The molecule has 0 spiro atoms. The smallest absolute Gasteiger partial charge is 0.133 e. The Kier molecular flexibility index (Phi) is 0.741. The van der Waals surface area contributed by atoms with Gasteiger partial charge in [-0.3, -0.25) is 4.99 Å². The minimum Gasteiger partial charge on any atom is -0.302 e.